The van der Waals surface area contributed by atoms with Crippen molar-refractivity contribution >= 4 is 29.9 Å². The molecule has 4 nitrogen and oxygen atoms in total. The van der Waals surface area contributed by atoms with Crippen LogP contribution in [0.1, 0.15) is 11.1 Å². The average Bonchev–Trinajstić information content (AvgIpc) is 2.98. The summed E-state index contributed by atoms with van der Waals surface area (Å²) in [5.74, 6) is 1.86. The van der Waals surface area contributed by atoms with Gasteiger partial charge in [0, 0.05) is 20.1 Å². The summed E-state index contributed by atoms with van der Waals surface area (Å²) in [6.07, 6.45) is 0. The van der Waals surface area contributed by atoms with Gasteiger partial charge in [0.25, 0.3) is 0 Å². The number of nitrogens with one attached hydrogen (secondary N) is 1. The summed E-state index contributed by atoms with van der Waals surface area (Å²) in [4.78, 5) is 6.57. The number of ether oxygens (including phenoxy) is 1. The lowest BCUT2D eigenvalue weighted by molar-refractivity contribution is 0.306. The highest BCUT2D eigenvalue weighted by molar-refractivity contribution is 14.0. The molecule has 1 aliphatic heterocycles. The lowest BCUT2D eigenvalue weighted by Crippen LogP contribution is -2.35. The number of rotatable bonds is 5. The lowest BCUT2D eigenvalue weighted by atomic mass is 10.2. The largest absolute Gasteiger partial charge is 0.489 e. The van der Waals surface area contributed by atoms with Gasteiger partial charge < -0.3 is 15.0 Å². The summed E-state index contributed by atoms with van der Waals surface area (Å²) in [6.45, 7) is 3.21. The molecule has 0 aliphatic carbocycles. The molecule has 2 aromatic rings. The van der Waals surface area contributed by atoms with Crippen molar-refractivity contribution in [2.45, 2.75) is 13.2 Å². The Bertz CT molecular complexity index is 646. The first-order chi connectivity index (χ1) is 10.8. The molecule has 0 saturated carbocycles. The van der Waals surface area contributed by atoms with Crippen molar-refractivity contribution in [1.29, 1.82) is 0 Å². The molecular formula is C18H22IN3O. The van der Waals surface area contributed by atoms with Crippen molar-refractivity contribution in [2.24, 2.45) is 4.99 Å². The average molecular weight is 423 g/mol. The third-order valence-corrected chi connectivity index (χ3v) is 3.66. The number of guanidine groups is 1. The van der Waals surface area contributed by atoms with Gasteiger partial charge in [-0.1, -0.05) is 42.5 Å². The maximum absolute atomic E-state index is 5.86. The molecule has 0 spiro atoms. The zero-order chi connectivity index (χ0) is 15.2. The monoisotopic (exact) mass is 423 g/mol. The molecule has 5 heteroatoms. The number of hydrogen-bond acceptors (Lipinski definition) is 4. The minimum Gasteiger partial charge on any atom is -0.489 e. The molecule has 0 aromatic heterocycles. The lowest BCUT2D eigenvalue weighted by Gasteiger charge is -2.15. The van der Waals surface area contributed by atoms with Crippen molar-refractivity contribution in [3.8, 4) is 5.75 Å². The van der Waals surface area contributed by atoms with E-state index in [1.165, 1.54) is 11.1 Å². The first-order valence-corrected chi connectivity index (χ1v) is 7.56. The molecule has 0 radical (unpaired) electrons. The van der Waals surface area contributed by atoms with Gasteiger partial charge in [-0.05, 0) is 23.3 Å². The minimum absolute atomic E-state index is 0. The highest BCUT2D eigenvalue weighted by Gasteiger charge is 2.11. The summed E-state index contributed by atoms with van der Waals surface area (Å²) in [6, 6.07) is 18.4. The van der Waals surface area contributed by atoms with Gasteiger partial charge in [-0.25, -0.2) is 0 Å². The van der Waals surface area contributed by atoms with Gasteiger partial charge in [0.2, 0.25) is 0 Å². The van der Waals surface area contributed by atoms with Crippen LogP contribution in [0.2, 0.25) is 0 Å². The maximum Gasteiger partial charge on any atom is 0.194 e. The van der Waals surface area contributed by atoms with Crippen LogP contribution in [0.15, 0.2) is 59.6 Å². The molecule has 0 saturated heterocycles. The van der Waals surface area contributed by atoms with E-state index in [9.17, 15) is 0 Å². The van der Waals surface area contributed by atoms with Gasteiger partial charge in [0.1, 0.15) is 12.4 Å². The maximum atomic E-state index is 5.86. The predicted octanol–water partition coefficient (Wildman–Crippen LogP) is 3.27. The van der Waals surface area contributed by atoms with E-state index in [0.29, 0.717) is 6.61 Å². The Morgan fingerprint density at radius 3 is 2.61 bits per heavy atom. The molecule has 23 heavy (non-hydrogen) atoms. The number of aliphatic imine (C=N–C) groups is 1. The second-order valence-electron chi connectivity index (χ2n) is 5.40. The summed E-state index contributed by atoms with van der Waals surface area (Å²) in [7, 11) is 2.05. The van der Waals surface area contributed by atoms with Crippen LogP contribution in [-0.4, -0.2) is 31.0 Å². The van der Waals surface area contributed by atoms with E-state index < -0.39 is 0 Å². The van der Waals surface area contributed by atoms with Crippen molar-refractivity contribution in [3.63, 3.8) is 0 Å². The normalized spacial score (nSPS) is 13.3. The molecule has 2 aromatic carbocycles. The minimum atomic E-state index is 0. The zero-order valence-corrected chi connectivity index (χ0v) is 15.6. The van der Waals surface area contributed by atoms with Gasteiger partial charge in [-0.15, -0.1) is 24.0 Å². The second kappa shape index (κ2) is 8.76. The predicted molar refractivity (Wildman–Crippen MR) is 104 cm³/mol. The second-order valence-corrected chi connectivity index (χ2v) is 5.40. The molecule has 0 bridgehead atoms. The zero-order valence-electron chi connectivity index (χ0n) is 13.2. The fourth-order valence-electron chi connectivity index (χ4n) is 2.39. The van der Waals surface area contributed by atoms with Crippen LogP contribution in [-0.2, 0) is 13.2 Å². The number of benzene rings is 2. The van der Waals surface area contributed by atoms with E-state index in [4.69, 9.17) is 4.74 Å². The summed E-state index contributed by atoms with van der Waals surface area (Å²) in [5.41, 5.74) is 2.36. The SMILES string of the molecule is CN1CCN=C1NCc1cccc(OCc2ccccc2)c1.I. The molecule has 122 valence electrons. The molecule has 0 fully saturated rings. The van der Waals surface area contributed by atoms with E-state index in [1.807, 2.05) is 30.3 Å². The van der Waals surface area contributed by atoms with Crippen molar-refractivity contribution in [3.05, 3.63) is 65.7 Å². The first-order valence-electron chi connectivity index (χ1n) is 7.56. The Kier molecular flexibility index (Phi) is 6.70. The van der Waals surface area contributed by atoms with E-state index in [-0.39, 0.29) is 24.0 Å². The highest BCUT2D eigenvalue weighted by atomic mass is 127. The van der Waals surface area contributed by atoms with Crippen LogP contribution in [0.4, 0.5) is 0 Å². The number of hydrogen-bond donors (Lipinski definition) is 1. The van der Waals surface area contributed by atoms with Crippen LogP contribution < -0.4 is 10.1 Å². The Labute approximate surface area is 154 Å². The third kappa shape index (κ3) is 5.13. The molecule has 1 N–H and O–H groups in total. The van der Waals surface area contributed by atoms with Crippen molar-refractivity contribution in [1.82, 2.24) is 10.2 Å². The Morgan fingerprint density at radius 2 is 1.87 bits per heavy atom. The molecule has 1 aliphatic rings. The van der Waals surface area contributed by atoms with Crippen LogP contribution >= 0.6 is 24.0 Å². The van der Waals surface area contributed by atoms with E-state index in [1.54, 1.807) is 0 Å². The van der Waals surface area contributed by atoms with Crippen LogP contribution in [0.5, 0.6) is 5.75 Å². The smallest absolute Gasteiger partial charge is 0.194 e. The quantitative estimate of drug-likeness (QED) is 0.751. The number of nitrogens with zero attached hydrogens (tertiary/aromatic N) is 2. The number of likely N-dealkylation sites (N-methyl/N-ethyl adjacent to an activating group) is 1. The summed E-state index contributed by atoms with van der Waals surface area (Å²) < 4.78 is 5.86. The first kappa shape index (κ1) is 17.6. The Balaban J connectivity index is 0.00000192. The van der Waals surface area contributed by atoms with Gasteiger partial charge in [-0.2, -0.15) is 0 Å². The molecule has 1 heterocycles. The summed E-state index contributed by atoms with van der Waals surface area (Å²) in [5, 5.41) is 3.37. The summed E-state index contributed by atoms with van der Waals surface area (Å²) >= 11 is 0. The van der Waals surface area contributed by atoms with Crippen LogP contribution in [0.3, 0.4) is 0 Å². The van der Waals surface area contributed by atoms with E-state index >= 15 is 0 Å². The van der Waals surface area contributed by atoms with Gasteiger partial charge >= 0.3 is 0 Å². The van der Waals surface area contributed by atoms with Gasteiger partial charge in [0.05, 0.1) is 6.54 Å². The van der Waals surface area contributed by atoms with Crippen LogP contribution in [0, 0.1) is 0 Å². The fraction of sp³-hybridized carbons (Fsp3) is 0.278. The van der Waals surface area contributed by atoms with Gasteiger partial charge in [-0.3, -0.25) is 4.99 Å². The van der Waals surface area contributed by atoms with E-state index in [2.05, 4.69) is 46.5 Å². The number of halogens is 1. The standard InChI is InChI=1S/C18H21N3O.HI/c1-21-11-10-19-18(21)20-13-16-8-5-9-17(12-16)22-14-15-6-3-2-4-7-15;/h2-9,12H,10-11,13-14H2,1H3,(H,19,20);1H. The molecule has 0 unspecified atom stereocenters. The molecule has 3 rings (SSSR count). The molecular weight excluding hydrogens is 401 g/mol. The Hall–Kier alpha value is -1.76. The van der Waals surface area contributed by atoms with Crippen molar-refractivity contribution < 1.29 is 4.74 Å². The fourth-order valence-corrected chi connectivity index (χ4v) is 2.39. The topological polar surface area (TPSA) is 36.9 Å². The van der Waals surface area contributed by atoms with E-state index in [0.717, 1.165) is 31.3 Å². The van der Waals surface area contributed by atoms with Crippen LogP contribution in [0.25, 0.3) is 0 Å². The van der Waals surface area contributed by atoms with Crippen molar-refractivity contribution in [2.75, 3.05) is 20.1 Å². The van der Waals surface area contributed by atoms with Gasteiger partial charge in [0.15, 0.2) is 5.96 Å². The molecule has 0 amide bonds. The third-order valence-electron chi connectivity index (χ3n) is 3.66. The molecule has 0 atom stereocenters. The highest BCUT2D eigenvalue weighted by Crippen LogP contribution is 2.15. The Morgan fingerprint density at radius 1 is 1.09 bits per heavy atom.